The molecule has 0 saturated carbocycles. The molecular formula is C22H24N2O4S2. The standard InChI is InChI=1S/C22H24N2O4S2/c1-3-16-6-8-17(9-7-16)21-23-15(2)20(29-21)22(25)24(13-19-5-4-11-28-19)18-10-12-30(26,27)14-18/h4-9,11,18H,3,10,12-14H2,1-2H3. The number of carbonyl (C=O) groups excluding carboxylic acids is 1. The highest BCUT2D eigenvalue weighted by Crippen LogP contribution is 2.31. The first-order valence-electron chi connectivity index (χ1n) is 9.97. The summed E-state index contributed by atoms with van der Waals surface area (Å²) in [4.78, 5) is 20.3. The Balaban J connectivity index is 1.64. The van der Waals surface area contributed by atoms with Crippen molar-refractivity contribution in [2.45, 2.75) is 39.3 Å². The number of aromatic nitrogens is 1. The number of carbonyl (C=O) groups is 1. The van der Waals surface area contributed by atoms with Gasteiger partial charge in [-0.3, -0.25) is 4.79 Å². The number of benzene rings is 1. The zero-order valence-electron chi connectivity index (χ0n) is 17.0. The van der Waals surface area contributed by atoms with Crippen LogP contribution in [-0.2, 0) is 22.8 Å². The van der Waals surface area contributed by atoms with Crippen LogP contribution in [0.5, 0.6) is 0 Å². The Morgan fingerprint density at radius 3 is 2.63 bits per heavy atom. The molecule has 1 amide bonds. The number of rotatable bonds is 6. The second-order valence-electron chi connectivity index (χ2n) is 7.55. The van der Waals surface area contributed by atoms with Gasteiger partial charge in [-0.1, -0.05) is 31.2 Å². The van der Waals surface area contributed by atoms with Crippen molar-refractivity contribution < 1.29 is 17.6 Å². The summed E-state index contributed by atoms with van der Waals surface area (Å²) < 4.78 is 29.5. The van der Waals surface area contributed by atoms with Crippen molar-refractivity contribution in [1.82, 2.24) is 9.88 Å². The van der Waals surface area contributed by atoms with Crippen LogP contribution in [0.15, 0.2) is 47.1 Å². The molecule has 0 bridgehead atoms. The third-order valence-corrected chi connectivity index (χ3v) is 8.36. The third kappa shape index (κ3) is 4.34. The van der Waals surface area contributed by atoms with Gasteiger partial charge in [0.05, 0.1) is 30.0 Å². The Morgan fingerprint density at radius 2 is 2.03 bits per heavy atom. The molecule has 0 N–H and O–H groups in total. The molecule has 0 radical (unpaired) electrons. The molecule has 1 saturated heterocycles. The fraction of sp³-hybridized carbons (Fsp3) is 0.364. The fourth-order valence-electron chi connectivity index (χ4n) is 3.69. The van der Waals surface area contributed by atoms with E-state index < -0.39 is 9.84 Å². The van der Waals surface area contributed by atoms with Crippen molar-refractivity contribution in [2.24, 2.45) is 0 Å². The highest BCUT2D eigenvalue weighted by molar-refractivity contribution is 7.91. The molecule has 3 heterocycles. The maximum absolute atomic E-state index is 13.5. The molecule has 4 rings (SSSR count). The van der Waals surface area contributed by atoms with Gasteiger partial charge in [0, 0.05) is 11.6 Å². The molecule has 0 aliphatic carbocycles. The SMILES string of the molecule is CCc1ccc(-c2nc(C)c(C(=O)N(Cc3ccco3)C3CCS(=O)(=O)C3)s2)cc1. The van der Waals surface area contributed by atoms with Gasteiger partial charge < -0.3 is 9.32 Å². The van der Waals surface area contributed by atoms with Gasteiger partial charge in [0.25, 0.3) is 5.91 Å². The van der Waals surface area contributed by atoms with Crippen LogP contribution in [0, 0.1) is 6.92 Å². The van der Waals surface area contributed by atoms with E-state index in [4.69, 9.17) is 4.42 Å². The Labute approximate surface area is 180 Å². The lowest BCUT2D eigenvalue weighted by Gasteiger charge is -2.27. The lowest BCUT2D eigenvalue weighted by molar-refractivity contribution is 0.0670. The summed E-state index contributed by atoms with van der Waals surface area (Å²) in [5, 5.41) is 0.787. The van der Waals surface area contributed by atoms with E-state index in [0.29, 0.717) is 22.8 Å². The Kier molecular flexibility index (Phi) is 5.79. The number of sulfone groups is 1. The number of aryl methyl sites for hydroxylation is 2. The van der Waals surface area contributed by atoms with E-state index >= 15 is 0 Å². The van der Waals surface area contributed by atoms with Gasteiger partial charge in [-0.25, -0.2) is 13.4 Å². The first-order valence-corrected chi connectivity index (χ1v) is 12.6. The lowest BCUT2D eigenvalue weighted by Crippen LogP contribution is -2.40. The molecule has 30 heavy (non-hydrogen) atoms. The highest BCUT2D eigenvalue weighted by Gasteiger charge is 2.36. The van der Waals surface area contributed by atoms with Gasteiger partial charge in [-0.2, -0.15) is 0 Å². The Bertz CT molecular complexity index is 1130. The summed E-state index contributed by atoms with van der Waals surface area (Å²) >= 11 is 1.35. The summed E-state index contributed by atoms with van der Waals surface area (Å²) in [5.74, 6) is 0.531. The van der Waals surface area contributed by atoms with Crippen molar-refractivity contribution in [3.63, 3.8) is 0 Å². The van der Waals surface area contributed by atoms with Crippen molar-refractivity contribution in [2.75, 3.05) is 11.5 Å². The van der Waals surface area contributed by atoms with Crippen LogP contribution in [0.3, 0.4) is 0 Å². The topological polar surface area (TPSA) is 80.5 Å². The molecular weight excluding hydrogens is 420 g/mol. The van der Waals surface area contributed by atoms with Gasteiger partial charge >= 0.3 is 0 Å². The van der Waals surface area contributed by atoms with Crippen LogP contribution in [0.2, 0.25) is 0 Å². The average molecular weight is 445 g/mol. The van der Waals surface area contributed by atoms with Gasteiger partial charge in [0.1, 0.15) is 15.6 Å². The van der Waals surface area contributed by atoms with E-state index in [-0.39, 0.29) is 30.0 Å². The van der Waals surface area contributed by atoms with Gasteiger partial charge in [0.2, 0.25) is 0 Å². The molecule has 1 fully saturated rings. The third-order valence-electron chi connectivity index (χ3n) is 5.42. The van der Waals surface area contributed by atoms with Crippen LogP contribution in [0.1, 0.15) is 40.0 Å². The van der Waals surface area contributed by atoms with Gasteiger partial charge in [-0.05, 0) is 37.5 Å². The van der Waals surface area contributed by atoms with E-state index in [2.05, 4.69) is 24.0 Å². The van der Waals surface area contributed by atoms with E-state index in [1.54, 1.807) is 23.3 Å². The maximum Gasteiger partial charge on any atom is 0.266 e. The van der Waals surface area contributed by atoms with Gasteiger partial charge in [0.15, 0.2) is 9.84 Å². The minimum Gasteiger partial charge on any atom is -0.467 e. The molecule has 6 nitrogen and oxygen atoms in total. The number of amides is 1. The number of hydrogen-bond acceptors (Lipinski definition) is 6. The molecule has 1 aliphatic heterocycles. The monoisotopic (exact) mass is 444 g/mol. The van der Waals surface area contributed by atoms with Crippen LogP contribution in [0.25, 0.3) is 10.6 Å². The van der Waals surface area contributed by atoms with Crippen LogP contribution >= 0.6 is 11.3 Å². The predicted molar refractivity (Wildman–Crippen MR) is 117 cm³/mol. The van der Waals surface area contributed by atoms with E-state index in [1.807, 2.05) is 19.1 Å². The minimum absolute atomic E-state index is 0.0113. The molecule has 158 valence electrons. The van der Waals surface area contributed by atoms with Crippen molar-refractivity contribution in [1.29, 1.82) is 0 Å². The van der Waals surface area contributed by atoms with Crippen LogP contribution < -0.4 is 0 Å². The smallest absolute Gasteiger partial charge is 0.266 e. The van der Waals surface area contributed by atoms with Crippen molar-refractivity contribution in [3.8, 4) is 10.6 Å². The highest BCUT2D eigenvalue weighted by atomic mass is 32.2. The van der Waals surface area contributed by atoms with Crippen molar-refractivity contribution >= 4 is 27.1 Å². The maximum atomic E-state index is 13.5. The number of nitrogens with zero attached hydrogens (tertiary/aromatic N) is 2. The first kappa shape index (κ1) is 20.8. The van der Waals surface area contributed by atoms with Gasteiger partial charge in [-0.15, -0.1) is 11.3 Å². The normalized spacial score (nSPS) is 17.9. The zero-order chi connectivity index (χ0) is 21.3. The number of thiazole rings is 1. The zero-order valence-corrected chi connectivity index (χ0v) is 18.6. The second-order valence-corrected chi connectivity index (χ2v) is 10.8. The van der Waals surface area contributed by atoms with Crippen LogP contribution in [-0.4, -0.2) is 41.8 Å². The molecule has 0 spiro atoms. The Hall–Kier alpha value is -2.45. The largest absolute Gasteiger partial charge is 0.467 e. The number of furan rings is 1. The quantitative estimate of drug-likeness (QED) is 0.572. The van der Waals surface area contributed by atoms with Crippen LogP contribution in [0.4, 0.5) is 0 Å². The lowest BCUT2D eigenvalue weighted by atomic mass is 10.1. The molecule has 1 aliphatic rings. The number of hydrogen-bond donors (Lipinski definition) is 0. The molecule has 2 aromatic heterocycles. The van der Waals surface area contributed by atoms with E-state index in [0.717, 1.165) is 17.0 Å². The molecule has 3 aromatic rings. The summed E-state index contributed by atoms with van der Waals surface area (Å²) in [7, 11) is -3.13. The average Bonchev–Trinajstić information content (AvgIpc) is 3.46. The summed E-state index contributed by atoms with van der Waals surface area (Å²) in [5.41, 5.74) is 2.88. The minimum atomic E-state index is -3.13. The molecule has 1 unspecified atom stereocenters. The second kappa shape index (κ2) is 8.35. The summed E-state index contributed by atoms with van der Waals surface area (Å²) in [6.45, 7) is 4.17. The van der Waals surface area contributed by atoms with Crippen molar-refractivity contribution in [3.05, 3.63) is 64.6 Å². The summed E-state index contributed by atoms with van der Waals surface area (Å²) in [6.07, 6.45) is 2.96. The first-order chi connectivity index (χ1) is 14.4. The van der Waals surface area contributed by atoms with E-state index in [1.165, 1.54) is 16.9 Å². The predicted octanol–water partition coefficient (Wildman–Crippen LogP) is 4.10. The van der Waals surface area contributed by atoms with E-state index in [9.17, 15) is 13.2 Å². The molecule has 1 aromatic carbocycles. The summed E-state index contributed by atoms with van der Waals surface area (Å²) in [6, 6.07) is 11.4. The molecule has 1 atom stereocenters. The fourth-order valence-corrected chi connectivity index (χ4v) is 6.45. The Morgan fingerprint density at radius 1 is 1.27 bits per heavy atom. The molecule has 8 heteroatoms.